The molecule has 19 heavy (non-hydrogen) atoms. The van der Waals surface area contributed by atoms with Crippen molar-refractivity contribution in [3.8, 4) is 11.6 Å². The molecule has 1 N–H and O–H groups in total. The maximum Gasteiger partial charge on any atom is 0.358 e. The lowest BCUT2D eigenvalue weighted by Crippen LogP contribution is -2.08. The van der Waals surface area contributed by atoms with Gasteiger partial charge >= 0.3 is 5.97 Å². The third kappa shape index (κ3) is 2.98. The number of carboxylic acids is 1. The average molecular weight is 260 g/mol. The first-order chi connectivity index (χ1) is 9.22. The van der Waals surface area contributed by atoms with E-state index in [4.69, 9.17) is 14.6 Å². The van der Waals surface area contributed by atoms with Gasteiger partial charge in [-0.05, 0) is 5.56 Å². The molecule has 1 heterocycles. The van der Waals surface area contributed by atoms with Crippen LogP contribution in [0.15, 0.2) is 36.7 Å². The molecule has 0 aliphatic carbocycles. The van der Waals surface area contributed by atoms with Crippen molar-refractivity contribution in [1.82, 2.24) is 9.97 Å². The summed E-state index contributed by atoms with van der Waals surface area (Å²) in [6.45, 7) is 0.213. The Labute approximate surface area is 109 Å². The minimum atomic E-state index is -1.19. The molecule has 1 aromatic carbocycles. The predicted octanol–water partition coefficient (Wildman–Crippen LogP) is 1.76. The molecule has 0 unspecified atom stereocenters. The summed E-state index contributed by atoms with van der Waals surface area (Å²) in [5.74, 6) is -1.06. The number of nitrogens with zero attached hydrogens (tertiary/aromatic N) is 2. The van der Waals surface area contributed by atoms with E-state index in [1.165, 1.54) is 7.11 Å². The van der Waals surface area contributed by atoms with E-state index in [9.17, 15) is 4.79 Å². The van der Waals surface area contributed by atoms with Crippen molar-refractivity contribution in [2.45, 2.75) is 6.61 Å². The summed E-state index contributed by atoms with van der Waals surface area (Å²) in [4.78, 5) is 18.6. The summed E-state index contributed by atoms with van der Waals surface area (Å²) in [6.07, 6.45) is 1.12. The molecular formula is C13H12N2O4. The molecule has 0 saturated carbocycles. The second-order valence-corrected chi connectivity index (χ2v) is 3.64. The lowest BCUT2D eigenvalue weighted by atomic mass is 10.2. The number of carboxylic acid groups (broad SMARTS) is 1. The molecule has 0 amide bonds. The number of rotatable bonds is 5. The van der Waals surface area contributed by atoms with Crippen molar-refractivity contribution in [2.24, 2.45) is 0 Å². The van der Waals surface area contributed by atoms with Crippen LogP contribution >= 0.6 is 0 Å². The number of aromatic nitrogens is 2. The van der Waals surface area contributed by atoms with Gasteiger partial charge in [0, 0.05) is 0 Å². The van der Waals surface area contributed by atoms with Crippen LogP contribution in [-0.2, 0) is 6.61 Å². The van der Waals surface area contributed by atoms with Crippen LogP contribution in [0.1, 0.15) is 16.1 Å². The zero-order valence-electron chi connectivity index (χ0n) is 10.2. The average Bonchev–Trinajstić information content (AvgIpc) is 2.45. The highest BCUT2D eigenvalue weighted by Crippen LogP contribution is 2.27. The number of benzene rings is 1. The van der Waals surface area contributed by atoms with E-state index < -0.39 is 5.97 Å². The zero-order valence-corrected chi connectivity index (χ0v) is 10.2. The van der Waals surface area contributed by atoms with Gasteiger partial charge in [0.25, 0.3) is 5.88 Å². The van der Waals surface area contributed by atoms with Crippen LogP contribution in [0.4, 0.5) is 0 Å². The molecule has 0 aliphatic heterocycles. The van der Waals surface area contributed by atoms with Gasteiger partial charge in [0.1, 0.15) is 12.9 Å². The second-order valence-electron chi connectivity index (χ2n) is 3.64. The highest BCUT2D eigenvalue weighted by atomic mass is 16.5. The Morgan fingerprint density at radius 1 is 1.26 bits per heavy atom. The van der Waals surface area contributed by atoms with Gasteiger partial charge in [-0.15, -0.1) is 0 Å². The van der Waals surface area contributed by atoms with E-state index in [-0.39, 0.29) is 23.9 Å². The van der Waals surface area contributed by atoms with Crippen molar-refractivity contribution < 1.29 is 19.4 Å². The molecule has 0 bridgehead atoms. The van der Waals surface area contributed by atoms with Crippen LogP contribution in [-0.4, -0.2) is 28.2 Å². The zero-order chi connectivity index (χ0) is 13.7. The SMILES string of the molecule is COc1ncnc(C(=O)O)c1OCc1ccccc1. The first kappa shape index (κ1) is 12.8. The lowest BCUT2D eigenvalue weighted by molar-refractivity contribution is 0.0683. The molecule has 2 rings (SSSR count). The van der Waals surface area contributed by atoms with Crippen molar-refractivity contribution in [3.63, 3.8) is 0 Å². The van der Waals surface area contributed by atoms with E-state index in [1.54, 1.807) is 0 Å². The molecule has 0 radical (unpaired) electrons. The van der Waals surface area contributed by atoms with Gasteiger partial charge in [-0.2, -0.15) is 4.98 Å². The highest BCUT2D eigenvalue weighted by molar-refractivity contribution is 5.89. The lowest BCUT2D eigenvalue weighted by Gasteiger charge is -2.11. The Hall–Kier alpha value is -2.63. The molecule has 1 aromatic heterocycles. The van der Waals surface area contributed by atoms with Crippen molar-refractivity contribution in [3.05, 3.63) is 47.9 Å². The summed E-state index contributed by atoms with van der Waals surface area (Å²) in [5, 5.41) is 9.06. The van der Waals surface area contributed by atoms with Gasteiger partial charge in [-0.1, -0.05) is 30.3 Å². The Kier molecular flexibility index (Phi) is 3.92. The van der Waals surface area contributed by atoms with Gasteiger partial charge in [0.05, 0.1) is 7.11 Å². The standard InChI is InChI=1S/C13H12N2O4/c1-18-12-11(10(13(16)17)14-8-15-12)19-7-9-5-3-2-4-6-9/h2-6,8H,7H2,1H3,(H,16,17). The van der Waals surface area contributed by atoms with Crippen molar-refractivity contribution in [1.29, 1.82) is 0 Å². The first-order valence-electron chi connectivity index (χ1n) is 5.51. The van der Waals surface area contributed by atoms with Crippen LogP contribution in [0.3, 0.4) is 0 Å². The molecule has 6 nitrogen and oxygen atoms in total. The predicted molar refractivity (Wildman–Crippen MR) is 66.3 cm³/mol. The van der Waals surface area contributed by atoms with Gasteiger partial charge in [-0.25, -0.2) is 9.78 Å². The summed E-state index contributed by atoms with van der Waals surface area (Å²) in [6, 6.07) is 9.37. The fourth-order valence-electron chi connectivity index (χ4n) is 1.52. The van der Waals surface area contributed by atoms with Crippen LogP contribution < -0.4 is 9.47 Å². The minimum absolute atomic E-state index is 0.0290. The van der Waals surface area contributed by atoms with E-state index >= 15 is 0 Å². The van der Waals surface area contributed by atoms with Crippen LogP contribution in [0.2, 0.25) is 0 Å². The monoisotopic (exact) mass is 260 g/mol. The minimum Gasteiger partial charge on any atom is -0.481 e. The first-order valence-corrected chi connectivity index (χ1v) is 5.51. The smallest absolute Gasteiger partial charge is 0.358 e. The Morgan fingerprint density at radius 3 is 2.63 bits per heavy atom. The maximum absolute atomic E-state index is 11.1. The summed E-state index contributed by atoms with van der Waals surface area (Å²) in [7, 11) is 1.39. The molecule has 98 valence electrons. The fraction of sp³-hybridized carbons (Fsp3) is 0.154. The number of carbonyl (C=O) groups is 1. The van der Waals surface area contributed by atoms with E-state index in [0.29, 0.717) is 0 Å². The quantitative estimate of drug-likeness (QED) is 0.882. The van der Waals surface area contributed by atoms with Crippen molar-refractivity contribution >= 4 is 5.97 Å². The molecule has 6 heteroatoms. The molecule has 2 aromatic rings. The van der Waals surface area contributed by atoms with Gasteiger partial charge < -0.3 is 14.6 Å². The number of methoxy groups -OCH3 is 1. The third-order valence-corrected chi connectivity index (χ3v) is 2.39. The van der Waals surface area contributed by atoms with Gasteiger partial charge in [0.15, 0.2) is 5.69 Å². The Balaban J connectivity index is 2.25. The normalized spacial score (nSPS) is 9.95. The number of hydrogen-bond acceptors (Lipinski definition) is 5. The topological polar surface area (TPSA) is 81.5 Å². The largest absolute Gasteiger partial charge is 0.481 e. The van der Waals surface area contributed by atoms with Gasteiger partial charge in [0.2, 0.25) is 5.75 Å². The number of ether oxygens (including phenoxy) is 2. The molecule has 0 saturated heterocycles. The van der Waals surface area contributed by atoms with Crippen LogP contribution in [0, 0.1) is 0 Å². The maximum atomic E-state index is 11.1. The number of hydrogen-bond donors (Lipinski definition) is 1. The van der Waals surface area contributed by atoms with Gasteiger partial charge in [-0.3, -0.25) is 0 Å². The van der Waals surface area contributed by atoms with Crippen LogP contribution in [0.25, 0.3) is 0 Å². The number of aromatic carboxylic acids is 1. The molecule has 0 spiro atoms. The van der Waals surface area contributed by atoms with E-state index in [2.05, 4.69) is 9.97 Å². The highest BCUT2D eigenvalue weighted by Gasteiger charge is 2.19. The third-order valence-electron chi connectivity index (χ3n) is 2.39. The van der Waals surface area contributed by atoms with E-state index in [1.807, 2.05) is 30.3 Å². The fourth-order valence-corrected chi connectivity index (χ4v) is 1.52. The molecule has 0 fully saturated rings. The molecular weight excluding hydrogens is 248 g/mol. The van der Waals surface area contributed by atoms with Crippen molar-refractivity contribution in [2.75, 3.05) is 7.11 Å². The Morgan fingerprint density at radius 2 is 2.00 bits per heavy atom. The summed E-state index contributed by atoms with van der Waals surface area (Å²) >= 11 is 0. The molecule has 0 aliphatic rings. The summed E-state index contributed by atoms with van der Waals surface area (Å²) < 4.78 is 10.5. The Bertz CT molecular complexity index is 572. The van der Waals surface area contributed by atoms with Crippen LogP contribution in [0.5, 0.6) is 11.6 Å². The summed E-state index contributed by atoms with van der Waals surface area (Å²) in [5.41, 5.74) is 0.688. The van der Waals surface area contributed by atoms with E-state index in [0.717, 1.165) is 11.9 Å². The molecule has 0 atom stereocenters. The second kappa shape index (κ2) is 5.81.